The first-order valence-corrected chi connectivity index (χ1v) is 4.27. The number of ether oxygens (including phenoxy) is 2. The van der Waals surface area contributed by atoms with E-state index in [9.17, 15) is 14.4 Å². The van der Waals surface area contributed by atoms with Crippen molar-refractivity contribution >= 4 is 17.9 Å². The molecule has 0 aliphatic carbocycles. The van der Waals surface area contributed by atoms with Crippen molar-refractivity contribution in [2.24, 2.45) is 0 Å². The number of cyclic esters (lactones) is 2. The standard InChI is InChI=1S/C10H5NO5/c12-8-1-2-9(13)16-10(14)6-3-4-11-7(5-6)15-8/h1-5H/b2-1+. The van der Waals surface area contributed by atoms with Crippen LogP contribution in [0.25, 0.3) is 0 Å². The van der Waals surface area contributed by atoms with Gasteiger partial charge in [0, 0.05) is 24.4 Å². The quantitative estimate of drug-likeness (QED) is 0.459. The lowest BCUT2D eigenvalue weighted by Crippen LogP contribution is -2.14. The molecular weight excluding hydrogens is 214 g/mol. The molecule has 1 aliphatic rings. The molecule has 2 heterocycles. The van der Waals surface area contributed by atoms with Gasteiger partial charge in [0.05, 0.1) is 5.56 Å². The Balaban J connectivity index is 2.43. The van der Waals surface area contributed by atoms with Gasteiger partial charge in [0.15, 0.2) is 0 Å². The molecule has 0 fully saturated rings. The number of esters is 3. The highest BCUT2D eigenvalue weighted by molar-refractivity contribution is 6.02. The molecule has 0 spiro atoms. The zero-order valence-electron chi connectivity index (χ0n) is 7.88. The lowest BCUT2D eigenvalue weighted by Gasteiger charge is -2.05. The van der Waals surface area contributed by atoms with Crippen LogP contribution in [0.2, 0.25) is 0 Å². The summed E-state index contributed by atoms with van der Waals surface area (Å²) in [5.41, 5.74) is 0.0847. The number of hydrogen-bond donors (Lipinski definition) is 0. The summed E-state index contributed by atoms with van der Waals surface area (Å²) in [5.74, 6) is -2.55. The van der Waals surface area contributed by atoms with Crippen molar-refractivity contribution in [3.05, 3.63) is 36.0 Å². The maximum atomic E-state index is 11.3. The molecule has 6 nitrogen and oxygen atoms in total. The van der Waals surface area contributed by atoms with Gasteiger partial charge in [-0.2, -0.15) is 0 Å². The summed E-state index contributed by atoms with van der Waals surface area (Å²) in [6, 6.07) is 2.56. The number of aromatic nitrogens is 1. The predicted molar refractivity (Wildman–Crippen MR) is 49.4 cm³/mol. The predicted octanol–water partition coefficient (Wildman–Crippen LogP) is 0.240. The van der Waals surface area contributed by atoms with Gasteiger partial charge in [0.2, 0.25) is 5.88 Å². The number of rotatable bonds is 0. The monoisotopic (exact) mass is 219 g/mol. The molecule has 2 rings (SSSR count). The third-order valence-corrected chi connectivity index (χ3v) is 1.72. The maximum absolute atomic E-state index is 11.3. The highest BCUT2D eigenvalue weighted by Crippen LogP contribution is 2.12. The lowest BCUT2D eigenvalue weighted by molar-refractivity contribution is -0.134. The van der Waals surface area contributed by atoms with E-state index in [0.717, 1.165) is 12.2 Å². The topological polar surface area (TPSA) is 82.6 Å². The Kier molecular flexibility index (Phi) is 2.47. The van der Waals surface area contributed by atoms with Gasteiger partial charge in [-0.25, -0.2) is 19.4 Å². The number of carbonyl (C=O) groups is 3. The van der Waals surface area contributed by atoms with Crippen LogP contribution >= 0.6 is 0 Å². The number of carbonyl (C=O) groups excluding carboxylic acids is 3. The van der Waals surface area contributed by atoms with Crippen molar-refractivity contribution in [3.8, 4) is 5.88 Å². The van der Waals surface area contributed by atoms with Crippen LogP contribution in [0, 0.1) is 0 Å². The normalized spacial score (nSPS) is 17.4. The van der Waals surface area contributed by atoms with Crippen molar-refractivity contribution in [2.45, 2.75) is 0 Å². The summed E-state index contributed by atoms with van der Waals surface area (Å²) in [6.45, 7) is 0. The molecule has 1 aromatic heterocycles. The Hall–Kier alpha value is -2.50. The molecular formula is C10H5NO5. The molecule has 0 saturated heterocycles. The smallest absolute Gasteiger partial charge is 0.346 e. The third-order valence-electron chi connectivity index (χ3n) is 1.72. The molecule has 80 valence electrons. The fourth-order valence-corrected chi connectivity index (χ4v) is 1.05. The Morgan fingerprint density at radius 3 is 2.44 bits per heavy atom. The van der Waals surface area contributed by atoms with Gasteiger partial charge in [-0.3, -0.25) is 0 Å². The first kappa shape index (κ1) is 10.0. The van der Waals surface area contributed by atoms with Gasteiger partial charge in [0.25, 0.3) is 0 Å². The lowest BCUT2D eigenvalue weighted by atomic mass is 10.2. The Morgan fingerprint density at radius 1 is 1.00 bits per heavy atom. The van der Waals surface area contributed by atoms with Crippen LogP contribution in [0.4, 0.5) is 0 Å². The second-order valence-electron chi connectivity index (χ2n) is 2.85. The van der Waals surface area contributed by atoms with Crippen molar-refractivity contribution < 1.29 is 23.9 Å². The van der Waals surface area contributed by atoms with Gasteiger partial charge in [-0.1, -0.05) is 0 Å². The molecule has 0 saturated carbocycles. The molecule has 6 heteroatoms. The van der Waals surface area contributed by atoms with E-state index < -0.39 is 17.9 Å². The van der Waals surface area contributed by atoms with Gasteiger partial charge in [-0.05, 0) is 6.07 Å². The molecule has 0 radical (unpaired) electrons. The number of pyridine rings is 1. The van der Waals surface area contributed by atoms with Gasteiger partial charge in [0.1, 0.15) is 0 Å². The highest BCUT2D eigenvalue weighted by atomic mass is 16.6. The van der Waals surface area contributed by atoms with Crippen molar-refractivity contribution in [3.63, 3.8) is 0 Å². The second-order valence-corrected chi connectivity index (χ2v) is 2.85. The zero-order chi connectivity index (χ0) is 11.5. The summed E-state index contributed by atoms with van der Waals surface area (Å²) in [7, 11) is 0. The summed E-state index contributed by atoms with van der Waals surface area (Å²) in [5, 5.41) is 0. The molecule has 1 aromatic rings. The van der Waals surface area contributed by atoms with Crippen LogP contribution in [0.3, 0.4) is 0 Å². The van der Waals surface area contributed by atoms with Crippen molar-refractivity contribution in [1.82, 2.24) is 4.98 Å². The molecule has 0 unspecified atom stereocenters. The van der Waals surface area contributed by atoms with E-state index >= 15 is 0 Å². The number of nitrogens with zero attached hydrogens (tertiary/aromatic N) is 1. The maximum Gasteiger partial charge on any atom is 0.346 e. The van der Waals surface area contributed by atoms with Crippen molar-refractivity contribution in [1.29, 1.82) is 0 Å². The van der Waals surface area contributed by atoms with Gasteiger partial charge in [-0.15, -0.1) is 0 Å². The summed E-state index contributed by atoms with van der Waals surface area (Å²) < 4.78 is 9.14. The third kappa shape index (κ3) is 2.11. The van der Waals surface area contributed by atoms with E-state index in [1.807, 2.05) is 0 Å². The van der Waals surface area contributed by atoms with Crippen LogP contribution in [0.1, 0.15) is 10.4 Å². The van der Waals surface area contributed by atoms with Crippen LogP contribution in [0.15, 0.2) is 30.5 Å². The van der Waals surface area contributed by atoms with E-state index in [1.165, 1.54) is 18.3 Å². The molecule has 2 bridgehead atoms. The largest absolute Gasteiger partial charge is 0.404 e. The molecule has 1 aliphatic heterocycles. The Bertz CT molecular complexity index is 506. The van der Waals surface area contributed by atoms with E-state index in [2.05, 4.69) is 9.72 Å². The summed E-state index contributed by atoms with van der Waals surface area (Å²) in [4.78, 5) is 37.2. The van der Waals surface area contributed by atoms with Gasteiger partial charge < -0.3 is 9.47 Å². The van der Waals surface area contributed by atoms with E-state index in [-0.39, 0.29) is 11.4 Å². The molecule has 16 heavy (non-hydrogen) atoms. The van der Waals surface area contributed by atoms with E-state index in [1.54, 1.807) is 0 Å². The number of hydrogen-bond acceptors (Lipinski definition) is 6. The van der Waals surface area contributed by atoms with Crippen molar-refractivity contribution in [2.75, 3.05) is 0 Å². The minimum atomic E-state index is -0.929. The van der Waals surface area contributed by atoms with Crippen LogP contribution in [0.5, 0.6) is 5.88 Å². The Labute approximate surface area is 89.5 Å². The minimum absolute atomic E-state index is 0.0292. The first-order chi connectivity index (χ1) is 7.65. The molecule has 0 amide bonds. The van der Waals surface area contributed by atoms with Crippen LogP contribution < -0.4 is 4.74 Å². The Morgan fingerprint density at radius 2 is 1.69 bits per heavy atom. The SMILES string of the molecule is O=C1/C=C/C(=O)Oc2cc(ccn2)C(=O)O1. The van der Waals surface area contributed by atoms with E-state index in [0.29, 0.717) is 0 Å². The number of fused-ring (bicyclic) bond motifs is 2. The summed E-state index contributed by atoms with van der Waals surface area (Å²) in [6.07, 6.45) is 2.94. The zero-order valence-corrected chi connectivity index (χ0v) is 7.88. The molecule has 0 aromatic carbocycles. The minimum Gasteiger partial charge on any atom is -0.404 e. The summed E-state index contributed by atoms with van der Waals surface area (Å²) >= 11 is 0. The average Bonchev–Trinajstić information content (AvgIpc) is 2.26. The fourth-order valence-electron chi connectivity index (χ4n) is 1.05. The fraction of sp³-hybridized carbons (Fsp3) is 0. The van der Waals surface area contributed by atoms with Crippen LogP contribution in [-0.4, -0.2) is 22.9 Å². The highest BCUT2D eigenvalue weighted by Gasteiger charge is 2.15. The van der Waals surface area contributed by atoms with Gasteiger partial charge >= 0.3 is 17.9 Å². The van der Waals surface area contributed by atoms with Crippen LogP contribution in [-0.2, 0) is 14.3 Å². The molecule has 0 N–H and O–H groups in total. The van der Waals surface area contributed by atoms with E-state index in [4.69, 9.17) is 4.74 Å². The second kappa shape index (κ2) is 3.93. The average molecular weight is 219 g/mol. The molecule has 0 atom stereocenters. The first-order valence-electron chi connectivity index (χ1n) is 4.27.